The number of hydrogen-bond donors (Lipinski definition) is 1. The van der Waals surface area contributed by atoms with Crippen molar-refractivity contribution in [3.8, 4) is 0 Å². The zero-order valence-electron chi connectivity index (χ0n) is 9.96. The van der Waals surface area contributed by atoms with E-state index in [0.29, 0.717) is 0 Å². The Morgan fingerprint density at radius 2 is 1.86 bits per heavy atom. The third kappa shape index (κ3) is 5.36. The monoisotopic (exact) mass is 194 g/mol. The van der Waals surface area contributed by atoms with Crippen molar-refractivity contribution in [2.24, 2.45) is 0 Å². The minimum Gasteiger partial charge on any atom is -0.278 e. The molecule has 0 amide bonds. The lowest BCUT2D eigenvalue weighted by Crippen LogP contribution is -1.73. The Hall–Kier alpha value is -1.31. The largest absolute Gasteiger partial charge is 0.278 e. The average Bonchev–Trinajstić information content (AvgIpc) is 2.72. The molecule has 1 N–H and O–H groups in total. The molecule has 1 heterocycles. The Bertz CT molecular complexity index is 247. The van der Waals surface area contributed by atoms with Crippen LogP contribution in [-0.4, -0.2) is 10.2 Å². The van der Waals surface area contributed by atoms with Crippen LogP contribution in [0, 0.1) is 0 Å². The topological polar surface area (TPSA) is 28.7 Å². The van der Waals surface area contributed by atoms with Gasteiger partial charge in [-0.25, -0.2) is 0 Å². The molecule has 0 atom stereocenters. The molecule has 0 bridgehead atoms. The van der Waals surface area contributed by atoms with E-state index >= 15 is 0 Å². The number of nitrogens with one attached hydrogen (secondary N) is 1. The highest BCUT2D eigenvalue weighted by Crippen LogP contribution is 2.06. The predicted octanol–water partition coefficient (Wildman–Crippen LogP) is 4.14. The zero-order chi connectivity index (χ0) is 11.4. The molecule has 0 radical (unpaired) electrons. The maximum absolute atomic E-state index is 3.86. The molecular formula is C12H22N2. The number of H-pyrrole nitrogens is 1. The van der Waals surface area contributed by atoms with E-state index in [2.05, 4.69) is 16.8 Å². The van der Waals surface area contributed by atoms with Crippen molar-refractivity contribution in [2.75, 3.05) is 0 Å². The third-order valence-electron chi connectivity index (χ3n) is 1.25. The average molecular weight is 194 g/mol. The molecule has 14 heavy (non-hydrogen) atoms. The molecule has 0 saturated heterocycles. The second-order valence-corrected chi connectivity index (χ2v) is 1.94. The summed E-state index contributed by atoms with van der Waals surface area (Å²) < 4.78 is 0. The van der Waals surface area contributed by atoms with Crippen LogP contribution in [0.15, 0.2) is 18.9 Å². The maximum Gasteiger partial charge on any atom is 0.0646 e. The summed E-state index contributed by atoms with van der Waals surface area (Å²) in [5.41, 5.74) is 2.05. The van der Waals surface area contributed by atoms with Crippen molar-refractivity contribution in [1.29, 1.82) is 0 Å². The smallest absolute Gasteiger partial charge is 0.0646 e. The van der Waals surface area contributed by atoms with Gasteiger partial charge in [0.25, 0.3) is 0 Å². The minimum atomic E-state index is 1.01. The quantitative estimate of drug-likeness (QED) is 0.753. The van der Waals surface area contributed by atoms with Gasteiger partial charge in [0.1, 0.15) is 0 Å². The first-order valence-corrected chi connectivity index (χ1v) is 5.17. The summed E-state index contributed by atoms with van der Waals surface area (Å²) in [6.07, 6.45) is 7.45. The molecule has 0 aliphatic heterocycles. The SMILES string of the molecule is C=Cc1cn[nH]c1/C=C\C.CC.CC. The van der Waals surface area contributed by atoms with Gasteiger partial charge in [0.2, 0.25) is 0 Å². The molecule has 0 aliphatic carbocycles. The van der Waals surface area contributed by atoms with Gasteiger partial charge < -0.3 is 0 Å². The van der Waals surface area contributed by atoms with Crippen molar-refractivity contribution >= 4 is 12.2 Å². The molecule has 1 aromatic rings. The lowest BCUT2D eigenvalue weighted by Gasteiger charge is -1.85. The van der Waals surface area contributed by atoms with Gasteiger partial charge in [-0.15, -0.1) is 0 Å². The van der Waals surface area contributed by atoms with Gasteiger partial charge in [-0.05, 0) is 13.0 Å². The summed E-state index contributed by atoms with van der Waals surface area (Å²) >= 11 is 0. The van der Waals surface area contributed by atoms with Crippen LogP contribution in [0.2, 0.25) is 0 Å². The Labute approximate surface area is 87.7 Å². The highest BCUT2D eigenvalue weighted by molar-refractivity contribution is 5.60. The molecule has 0 unspecified atom stereocenters. The number of allylic oxidation sites excluding steroid dienone is 1. The van der Waals surface area contributed by atoms with Crippen LogP contribution in [0.5, 0.6) is 0 Å². The second kappa shape index (κ2) is 11.7. The zero-order valence-corrected chi connectivity index (χ0v) is 9.96. The van der Waals surface area contributed by atoms with Gasteiger partial charge in [-0.1, -0.05) is 46.4 Å². The van der Waals surface area contributed by atoms with Crippen molar-refractivity contribution in [2.45, 2.75) is 34.6 Å². The molecule has 0 aliphatic rings. The van der Waals surface area contributed by atoms with E-state index in [4.69, 9.17) is 0 Å². The molecule has 0 spiro atoms. The minimum absolute atomic E-state index is 1.01. The molecular weight excluding hydrogens is 172 g/mol. The van der Waals surface area contributed by atoms with E-state index in [1.54, 1.807) is 12.3 Å². The lowest BCUT2D eigenvalue weighted by molar-refractivity contribution is 1.08. The van der Waals surface area contributed by atoms with Gasteiger partial charge in [0.15, 0.2) is 0 Å². The number of nitrogens with zero attached hydrogens (tertiary/aromatic N) is 1. The standard InChI is InChI=1S/C8H10N2.2C2H6/c1-3-5-8-7(4-2)6-9-10-8;2*1-2/h3-6H,2H2,1H3,(H,9,10);2*1-2H3/b5-3-;;. The van der Waals surface area contributed by atoms with E-state index in [1.165, 1.54) is 0 Å². The van der Waals surface area contributed by atoms with Gasteiger partial charge in [-0.3, -0.25) is 5.10 Å². The molecule has 1 rings (SSSR count). The molecule has 0 fully saturated rings. The fraction of sp³-hybridized carbons (Fsp3) is 0.417. The highest BCUT2D eigenvalue weighted by atomic mass is 15.1. The molecule has 0 saturated carbocycles. The summed E-state index contributed by atoms with van der Waals surface area (Å²) in [6.45, 7) is 13.6. The van der Waals surface area contributed by atoms with Crippen molar-refractivity contribution in [3.05, 3.63) is 30.1 Å². The van der Waals surface area contributed by atoms with Crippen LogP contribution in [0.3, 0.4) is 0 Å². The first-order valence-electron chi connectivity index (χ1n) is 5.17. The number of aromatic amines is 1. The van der Waals surface area contributed by atoms with Gasteiger partial charge in [0, 0.05) is 5.56 Å². The van der Waals surface area contributed by atoms with Crippen LogP contribution >= 0.6 is 0 Å². The first-order chi connectivity index (χ1) is 6.88. The Balaban J connectivity index is 0. The van der Waals surface area contributed by atoms with Crippen LogP contribution in [0.25, 0.3) is 12.2 Å². The van der Waals surface area contributed by atoms with E-state index in [-0.39, 0.29) is 0 Å². The number of aromatic nitrogens is 2. The lowest BCUT2D eigenvalue weighted by atomic mass is 10.2. The van der Waals surface area contributed by atoms with Crippen LogP contribution in [-0.2, 0) is 0 Å². The van der Waals surface area contributed by atoms with E-state index < -0.39 is 0 Å². The molecule has 2 heteroatoms. The van der Waals surface area contributed by atoms with Gasteiger partial charge in [-0.2, -0.15) is 5.10 Å². The van der Waals surface area contributed by atoms with Crippen LogP contribution in [0.1, 0.15) is 45.9 Å². The van der Waals surface area contributed by atoms with Gasteiger partial charge >= 0.3 is 0 Å². The fourth-order valence-electron chi connectivity index (χ4n) is 0.768. The second-order valence-electron chi connectivity index (χ2n) is 1.94. The normalized spacial score (nSPS) is 8.36. The summed E-state index contributed by atoms with van der Waals surface area (Å²) in [5.74, 6) is 0. The van der Waals surface area contributed by atoms with Crippen LogP contribution in [0.4, 0.5) is 0 Å². The van der Waals surface area contributed by atoms with E-state index in [9.17, 15) is 0 Å². The summed E-state index contributed by atoms with van der Waals surface area (Å²) in [7, 11) is 0. The Kier molecular flexibility index (Phi) is 12.7. The maximum atomic E-state index is 3.86. The molecule has 2 nitrogen and oxygen atoms in total. The first kappa shape index (κ1) is 15.2. The van der Waals surface area contributed by atoms with E-state index in [1.807, 2.05) is 46.8 Å². The fourth-order valence-corrected chi connectivity index (χ4v) is 0.768. The predicted molar refractivity (Wildman–Crippen MR) is 66.1 cm³/mol. The molecule has 80 valence electrons. The third-order valence-corrected chi connectivity index (χ3v) is 1.25. The molecule has 0 aromatic carbocycles. The summed E-state index contributed by atoms with van der Waals surface area (Å²) in [4.78, 5) is 0. The highest BCUT2D eigenvalue weighted by Gasteiger charge is 1.93. The summed E-state index contributed by atoms with van der Waals surface area (Å²) in [5, 5.41) is 6.71. The molecule has 1 aromatic heterocycles. The van der Waals surface area contributed by atoms with Crippen LogP contribution < -0.4 is 0 Å². The van der Waals surface area contributed by atoms with E-state index in [0.717, 1.165) is 11.3 Å². The number of hydrogen-bond acceptors (Lipinski definition) is 1. The van der Waals surface area contributed by atoms with Crippen molar-refractivity contribution < 1.29 is 0 Å². The Morgan fingerprint density at radius 3 is 2.29 bits per heavy atom. The van der Waals surface area contributed by atoms with Crippen molar-refractivity contribution in [3.63, 3.8) is 0 Å². The Morgan fingerprint density at radius 1 is 1.29 bits per heavy atom. The summed E-state index contributed by atoms with van der Waals surface area (Å²) in [6, 6.07) is 0. The van der Waals surface area contributed by atoms with Gasteiger partial charge in [0.05, 0.1) is 11.9 Å². The van der Waals surface area contributed by atoms with Crippen molar-refractivity contribution in [1.82, 2.24) is 10.2 Å². The number of rotatable bonds is 2.